The van der Waals surface area contributed by atoms with Gasteiger partial charge < -0.3 is 19.7 Å². The monoisotopic (exact) mass is 504 g/mol. The number of rotatable bonds is 8. The molecule has 6 nitrogen and oxygen atoms in total. The maximum absolute atomic E-state index is 13.2. The molecular weight excluding hydrogens is 472 g/mol. The van der Waals surface area contributed by atoms with Gasteiger partial charge in [0.05, 0.1) is 6.54 Å². The summed E-state index contributed by atoms with van der Waals surface area (Å²) in [5.41, 5.74) is 3.57. The predicted molar refractivity (Wildman–Crippen MR) is 144 cm³/mol. The average Bonchev–Trinajstić information content (AvgIpc) is 3.28. The van der Waals surface area contributed by atoms with Crippen molar-refractivity contribution >= 4 is 29.4 Å². The lowest BCUT2D eigenvalue weighted by molar-refractivity contribution is 0.0520. The summed E-state index contributed by atoms with van der Waals surface area (Å²) in [5, 5.41) is 2.66. The van der Waals surface area contributed by atoms with Crippen LogP contribution in [-0.2, 0) is 16.9 Å². The molecule has 188 valence electrons. The minimum Gasteiger partial charge on any atom is -0.492 e. The molecule has 36 heavy (non-hydrogen) atoms. The molecule has 0 spiro atoms. The van der Waals surface area contributed by atoms with Crippen molar-refractivity contribution in [2.24, 2.45) is 0 Å². The number of hydrogen-bond acceptors (Lipinski definition) is 5. The molecule has 0 fully saturated rings. The van der Waals surface area contributed by atoms with Crippen molar-refractivity contribution in [3.05, 3.63) is 89.5 Å². The number of thioether (sulfide) groups is 1. The van der Waals surface area contributed by atoms with Crippen molar-refractivity contribution in [2.45, 2.75) is 43.4 Å². The normalized spacial score (nSPS) is 12.7. The Kier molecular flexibility index (Phi) is 8.21. The molecule has 1 aliphatic rings. The van der Waals surface area contributed by atoms with Gasteiger partial charge in [-0.05, 0) is 80.8 Å². The molecule has 0 aliphatic carbocycles. The van der Waals surface area contributed by atoms with Crippen molar-refractivity contribution in [1.82, 2.24) is 5.32 Å². The number of amides is 2. The van der Waals surface area contributed by atoms with E-state index in [4.69, 9.17) is 9.47 Å². The van der Waals surface area contributed by atoms with Gasteiger partial charge in [-0.1, -0.05) is 30.3 Å². The summed E-state index contributed by atoms with van der Waals surface area (Å²) >= 11 is 1.81. The lowest BCUT2D eigenvalue weighted by Crippen LogP contribution is -2.34. The molecule has 0 saturated heterocycles. The molecule has 7 heteroatoms. The van der Waals surface area contributed by atoms with Crippen LogP contribution in [0, 0.1) is 0 Å². The van der Waals surface area contributed by atoms with Gasteiger partial charge in [-0.25, -0.2) is 4.79 Å². The highest BCUT2D eigenvalue weighted by atomic mass is 32.2. The minimum absolute atomic E-state index is 0.0171. The van der Waals surface area contributed by atoms with E-state index < -0.39 is 11.7 Å². The number of carbonyl (C=O) groups excluding carboxylic acids is 2. The summed E-state index contributed by atoms with van der Waals surface area (Å²) in [6.45, 7) is 6.75. The Hall–Kier alpha value is -3.45. The van der Waals surface area contributed by atoms with Crippen molar-refractivity contribution in [3.63, 3.8) is 0 Å². The van der Waals surface area contributed by atoms with E-state index in [-0.39, 0.29) is 5.91 Å². The number of benzene rings is 3. The van der Waals surface area contributed by atoms with Gasteiger partial charge in [-0.2, -0.15) is 0 Å². The van der Waals surface area contributed by atoms with E-state index in [1.807, 2.05) is 43.5 Å². The molecule has 4 rings (SSSR count). The standard InChI is InChI=1S/C29H32N2O4S/c1-29(2,3)35-28(33)30-16-18-34-24-11-9-22(10-12-24)27(32)31-17-15-23-19-25(13-14-26(23)31)36-20-21-7-5-4-6-8-21/h4-14,19H,15-18,20H2,1-3H3,(H,30,33). The van der Waals surface area contributed by atoms with Gasteiger partial charge in [0.1, 0.15) is 18.0 Å². The fourth-order valence-electron chi connectivity index (χ4n) is 3.91. The van der Waals surface area contributed by atoms with E-state index in [0.29, 0.717) is 31.0 Å². The van der Waals surface area contributed by atoms with Crippen molar-refractivity contribution < 1.29 is 19.1 Å². The Morgan fingerprint density at radius 3 is 2.47 bits per heavy atom. The smallest absolute Gasteiger partial charge is 0.407 e. The van der Waals surface area contributed by atoms with Crippen molar-refractivity contribution in [3.8, 4) is 5.75 Å². The summed E-state index contributed by atoms with van der Waals surface area (Å²) in [6, 6.07) is 23.9. The molecule has 0 radical (unpaired) electrons. The number of fused-ring (bicyclic) bond motifs is 1. The van der Waals surface area contributed by atoms with Gasteiger partial charge >= 0.3 is 6.09 Å². The number of hydrogen-bond donors (Lipinski definition) is 1. The molecular formula is C29H32N2O4S. The van der Waals surface area contributed by atoms with E-state index in [1.54, 1.807) is 24.3 Å². The van der Waals surface area contributed by atoms with E-state index >= 15 is 0 Å². The number of anilines is 1. The second-order valence-electron chi connectivity index (χ2n) is 9.57. The number of carbonyl (C=O) groups is 2. The van der Waals surface area contributed by atoms with Crippen molar-refractivity contribution in [2.75, 3.05) is 24.6 Å². The summed E-state index contributed by atoms with van der Waals surface area (Å²) < 4.78 is 10.9. The predicted octanol–water partition coefficient (Wildman–Crippen LogP) is 6.09. The van der Waals surface area contributed by atoms with Crippen LogP contribution in [-0.4, -0.2) is 37.3 Å². The SMILES string of the molecule is CC(C)(C)OC(=O)NCCOc1ccc(C(=O)N2CCc3cc(SCc4ccccc4)ccc32)cc1. The Labute approximate surface area is 217 Å². The number of alkyl carbamates (subject to hydrolysis) is 1. The van der Waals surface area contributed by atoms with Crippen LogP contribution >= 0.6 is 11.8 Å². The molecule has 3 aromatic rings. The van der Waals surface area contributed by atoms with Crippen LogP contribution in [0.3, 0.4) is 0 Å². The zero-order chi connectivity index (χ0) is 25.5. The maximum Gasteiger partial charge on any atom is 0.407 e. The quantitative estimate of drug-likeness (QED) is 0.297. The molecule has 1 N–H and O–H groups in total. The van der Waals surface area contributed by atoms with Crippen LogP contribution in [0.25, 0.3) is 0 Å². The highest BCUT2D eigenvalue weighted by molar-refractivity contribution is 7.98. The van der Waals surface area contributed by atoms with Crippen LogP contribution < -0.4 is 15.0 Å². The van der Waals surface area contributed by atoms with E-state index in [1.165, 1.54) is 16.0 Å². The number of ether oxygens (including phenoxy) is 2. The first kappa shape index (κ1) is 25.6. The van der Waals surface area contributed by atoms with Crippen LogP contribution in [0.15, 0.2) is 77.7 Å². The Morgan fingerprint density at radius 1 is 1.00 bits per heavy atom. The highest BCUT2D eigenvalue weighted by Gasteiger charge is 2.26. The van der Waals surface area contributed by atoms with Crippen LogP contribution in [0.4, 0.5) is 10.5 Å². The van der Waals surface area contributed by atoms with Gasteiger partial charge in [0.2, 0.25) is 0 Å². The van der Waals surface area contributed by atoms with Crippen LogP contribution in [0.2, 0.25) is 0 Å². The first-order valence-electron chi connectivity index (χ1n) is 12.1. The Balaban J connectivity index is 1.28. The molecule has 0 saturated carbocycles. The Morgan fingerprint density at radius 2 is 1.75 bits per heavy atom. The minimum atomic E-state index is -0.535. The maximum atomic E-state index is 13.2. The van der Waals surface area contributed by atoms with Gasteiger partial charge in [0.25, 0.3) is 5.91 Å². The van der Waals surface area contributed by atoms with E-state index in [9.17, 15) is 9.59 Å². The summed E-state index contributed by atoms with van der Waals surface area (Å²) in [5.74, 6) is 1.55. The molecule has 0 aromatic heterocycles. The molecule has 0 unspecified atom stereocenters. The van der Waals surface area contributed by atoms with E-state index in [2.05, 4.69) is 47.8 Å². The van der Waals surface area contributed by atoms with E-state index in [0.717, 1.165) is 17.9 Å². The summed E-state index contributed by atoms with van der Waals surface area (Å²) in [4.78, 5) is 27.9. The Bertz CT molecular complexity index is 1190. The highest BCUT2D eigenvalue weighted by Crippen LogP contribution is 2.34. The molecule has 2 amide bonds. The fraction of sp³-hybridized carbons (Fsp3) is 0.310. The largest absolute Gasteiger partial charge is 0.492 e. The summed E-state index contributed by atoms with van der Waals surface area (Å²) in [6.07, 6.45) is 0.381. The second-order valence-corrected chi connectivity index (χ2v) is 10.6. The fourth-order valence-corrected chi connectivity index (χ4v) is 4.82. The lowest BCUT2D eigenvalue weighted by Gasteiger charge is -2.19. The topological polar surface area (TPSA) is 67.9 Å². The number of nitrogens with one attached hydrogen (secondary N) is 1. The third kappa shape index (κ3) is 7.04. The van der Waals surface area contributed by atoms with Gasteiger partial charge in [0, 0.05) is 28.4 Å². The van der Waals surface area contributed by atoms with Crippen molar-refractivity contribution in [1.29, 1.82) is 0 Å². The number of nitrogens with zero attached hydrogens (tertiary/aromatic N) is 1. The van der Waals surface area contributed by atoms with Gasteiger partial charge in [-0.3, -0.25) is 4.79 Å². The lowest BCUT2D eigenvalue weighted by atomic mass is 10.1. The molecule has 0 bridgehead atoms. The second kappa shape index (κ2) is 11.5. The van der Waals surface area contributed by atoms with Gasteiger partial charge in [0.15, 0.2) is 0 Å². The van der Waals surface area contributed by atoms with Crippen LogP contribution in [0.5, 0.6) is 5.75 Å². The molecule has 1 heterocycles. The first-order valence-corrected chi connectivity index (χ1v) is 13.1. The van der Waals surface area contributed by atoms with Crippen LogP contribution in [0.1, 0.15) is 42.3 Å². The summed E-state index contributed by atoms with van der Waals surface area (Å²) in [7, 11) is 0. The zero-order valence-corrected chi connectivity index (χ0v) is 21.8. The zero-order valence-electron chi connectivity index (χ0n) is 21.0. The third-order valence-electron chi connectivity index (χ3n) is 5.58. The first-order chi connectivity index (χ1) is 17.3. The third-order valence-corrected chi connectivity index (χ3v) is 6.65. The molecule has 3 aromatic carbocycles. The molecule has 0 atom stereocenters. The molecule has 1 aliphatic heterocycles. The average molecular weight is 505 g/mol. The van der Waals surface area contributed by atoms with Gasteiger partial charge in [-0.15, -0.1) is 11.8 Å².